The van der Waals surface area contributed by atoms with Crippen LogP contribution in [0.2, 0.25) is 0 Å². The fourth-order valence-corrected chi connectivity index (χ4v) is 9.95. The molecule has 0 amide bonds. The summed E-state index contributed by atoms with van der Waals surface area (Å²) in [5, 5.41) is 6.34. The van der Waals surface area contributed by atoms with Gasteiger partial charge in [0.1, 0.15) is 0 Å². The quantitative estimate of drug-likeness (QED) is 0.170. The third kappa shape index (κ3) is 5.96. The standard InChI is InChI=1S/C57H45BN2/c1-36-29-48(47-32-41-19-11-12-20-42(41)33-52(47)59-44-26-23-40(24-27-44)38-15-7-5-8-16-38)56-55(30-36)60(53-28-25-43(31-37(53)2)39-17-9-6-10-18-39)54-35-50-46(34-51(54)58-56)45-21-13-14-22-49(45)57(50,3)4/h5-35,58-59H,1-4H3. The molecule has 1 N–H and O–H groups in total. The lowest BCUT2D eigenvalue weighted by Gasteiger charge is -2.37. The van der Waals surface area contributed by atoms with Crippen molar-refractivity contribution < 1.29 is 0 Å². The van der Waals surface area contributed by atoms with E-state index in [-0.39, 0.29) is 5.41 Å². The maximum absolute atomic E-state index is 3.90. The SMILES string of the molecule is Cc1cc(-c2cc3ccccc3cc2Nc2ccc(-c3ccccc3)cc2)c2c(c1)N(c1ccc(-c3ccccc3)cc1C)c1cc3c(cc1B2)-c1ccccc1C3(C)C. The Labute approximate surface area is 354 Å². The molecule has 286 valence electrons. The van der Waals surface area contributed by atoms with Crippen LogP contribution >= 0.6 is 0 Å². The van der Waals surface area contributed by atoms with Crippen molar-refractivity contribution in [1.29, 1.82) is 0 Å². The summed E-state index contributed by atoms with van der Waals surface area (Å²) in [5.74, 6) is 0. The maximum Gasteiger partial charge on any atom is 0.198 e. The van der Waals surface area contributed by atoms with Crippen molar-refractivity contribution in [3.63, 3.8) is 0 Å². The maximum atomic E-state index is 3.90. The van der Waals surface area contributed by atoms with Crippen LogP contribution in [0, 0.1) is 13.8 Å². The molecule has 0 atom stereocenters. The van der Waals surface area contributed by atoms with Crippen LogP contribution in [0.3, 0.4) is 0 Å². The Balaban J connectivity index is 1.11. The number of rotatable bonds is 6. The molecule has 0 spiro atoms. The Hall–Kier alpha value is -7.10. The number of fused-ring (bicyclic) bond motifs is 6. The monoisotopic (exact) mass is 768 g/mol. The average Bonchev–Trinajstić information content (AvgIpc) is 3.50. The number of hydrogen-bond acceptors (Lipinski definition) is 2. The molecule has 11 rings (SSSR count). The summed E-state index contributed by atoms with van der Waals surface area (Å²) in [7, 11) is 0.825. The van der Waals surface area contributed by atoms with Crippen LogP contribution in [0.5, 0.6) is 0 Å². The fraction of sp³-hybridized carbons (Fsp3) is 0.0877. The number of benzene rings is 9. The van der Waals surface area contributed by atoms with E-state index in [0.29, 0.717) is 0 Å². The molecule has 0 fully saturated rings. The van der Waals surface area contributed by atoms with Gasteiger partial charge in [0.05, 0.1) is 0 Å². The largest absolute Gasteiger partial charge is 0.355 e. The van der Waals surface area contributed by atoms with Gasteiger partial charge in [-0.3, -0.25) is 0 Å². The third-order valence-corrected chi connectivity index (χ3v) is 13.0. The molecule has 0 radical (unpaired) electrons. The number of hydrogen-bond donors (Lipinski definition) is 1. The molecule has 1 heterocycles. The zero-order valence-electron chi connectivity index (χ0n) is 34.6. The Morgan fingerprint density at radius 3 is 1.82 bits per heavy atom. The van der Waals surface area contributed by atoms with Crippen LogP contribution < -0.4 is 21.1 Å². The van der Waals surface area contributed by atoms with E-state index in [4.69, 9.17) is 0 Å². The van der Waals surface area contributed by atoms with E-state index in [1.807, 2.05) is 0 Å². The summed E-state index contributed by atoms with van der Waals surface area (Å²) in [6.07, 6.45) is 0. The normalized spacial score (nSPS) is 13.2. The lowest BCUT2D eigenvalue weighted by molar-refractivity contribution is 0.660. The highest BCUT2D eigenvalue weighted by molar-refractivity contribution is 6.73. The number of aryl methyl sites for hydroxylation is 2. The first-order chi connectivity index (χ1) is 29.3. The predicted octanol–water partition coefficient (Wildman–Crippen LogP) is 13.7. The van der Waals surface area contributed by atoms with Gasteiger partial charge < -0.3 is 10.2 Å². The van der Waals surface area contributed by atoms with E-state index < -0.39 is 0 Å². The molecular weight excluding hydrogens is 723 g/mol. The van der Waals surface area contributed by atoms with Gasteiger partial charge in [0.2, 0.25) is 0 Å². The lowest BCUT2D eigenvalue weighted by atomic mass is 9.57. The summed E-state index contributed by atoms with van der Waals surface area (Å²) in [4.78, 5) is 2.57. The summed E-state index contributed by atoms with van der Waals surface area (Å²) < 4.78 is 0. The van der Waals surface area contributed by atoms with Crippen molar-refractivity contribution in [2.45, 2.75) is 33.1 Å². The Morgan fingerprint density at radius 1 is 0.450 bits per heavy atom. The Morgan fingerprint density at radius 2 is 1.08 bits per heavy atom. The number of anilines is 5. The van der Waals surface area contributed by atoms with E-state index in [1.54, 1.807) is 0 Å². The molecule has 0 bridgehead atoms. The van der Waals surface area contributed by atoms with Crippen LogP contribution in [0.1, 0.15) is 36.1 Å². The van der Waals surface area contributed by atoms with Crippen LogP contribution in [0.4, 0.5) is 28.4 Å². The second-order valence-electron chi connectivity index (χ2n) is 17.2. The highest BCUT2D eigenvalue weighted by Crippen LogP contribution is 2.51. The van der Waals surface area contributed by atoms with E-state index in [0.717, 1.165) is 18.7 Å². The molecule has 2 aliphatic rings. The highest BCUT2D eigenvalue weighted by atomic mass is 15.2. The van der Waals surface area contributed by atoms with Gasteiger partial charge in [0.15, 0.2) is 7.28 Å². The first kappa shape index (κ1) is 36.0. The van der Waals surface area contributed by atoms with Crippen molar-refractivity contribution in [3.05, 3.63) is 210 Å². The fourth-order valence-electron chi connectivity index (χ4n) is 9.95. The van der Waals surface area contributed by atoms with E-state index in [1.165, 1.54) is 106 Å². The van der Waals surface area contributed by atoms with Gasteiger partial charge in [-0.1, -0.05) is 159 Å². The molecular formula is C57H45BN2. The van der Waals surface area contributed by atoms with Crippen LogP contribution in [0.15, 0.2) is 188 Å². The summed E-state index contributed by atoms with van der Waals surface area (Å²) >= 11 is 0. The summed E-state index contributed by atoms with van der Waals surface area (Å²) in [6, 6.07) is 69.5. The molecule has 2 nitrogen and oxygen atoms in total. The summed E-state index contributed by atoms with van der Waals surface area (Å²) in [6.45, 7) is 9.29. The zero-order chi connectivity index (χ0) is 40.5. The van der Waals surface area contributed by atoms with Crippen molar-refractivity contribution in [3.8, 4) is 44.5 Å². The highest BCUT2D eigenvalue weighted by Gasteiger charge is 2.38. The van der Waals surface area contributed by atoms with Gasteiger partial charge in [-0.25, -0.2) is 0 Å². The van der Waals surface area contributed by atoms with Crippen molar-refractivity contribution in [2.75, 3.05) is 10.2 Å². The number of nitrogens with zero attached hydrogens (tertiary/aromatic N) is 1. The molecule has 1 aliphatic heterocycles. The van der Waals surface area contributed by atoms with E-state index in [2.05, 4.69) is 226 Å². The first-order valence-corrected chi connectivity index (χ1v) is 21.1. The predicted molar refractivity (Wildman–Crippen MR) is 258 cm³/mol. The first-order valence-electron chi connectivity index (χ1n) is 21.1. The van der Waals surface area contributed by atoms with Gasteiger partial charge in [0, 0.05) is 39.4 Å². The van der Waals surface area contributed by atoms with Crippen molar-refractivity contribution in [1.82, 2.24) is 0 Å². The second-order valence-corrected chi connectivity index (χ2v) is 17.2. The van der Waals surface area contributed by atoms with Gasteiger partial charge in [-0.15, -0.1) is 0 Å². The molecule has 9 aromatic carbocycles. The molecule has 60 heavy (non-hydrogen) atoms. The molecule has 0 unspecified atom stereocenters. The van der Waals surface area contributed by atoms with Gasteiger partial charge in [-0.2, -0.15) is 0 Å². The molecule has 0 saturated heterocycles. The minimum atomic E-state index is -0.109. The average molecular weight is 769 g/mol. The van der Waals surface area contributed by atoms with Crippen LogP contribution in [-0.2, 0) is 5.41 Å². The minimum absolute atomic E-state index is 0.109. The van der Waals surface area contributed by atoms with Crippen LogP contribution in [0.25, 0.3) is 55.3 Å². The van der Waals surface area contributed by atoms with Gasteiger partial charge in [0.25, 0.3) is 0 Å². The number of nitrogens with one attached hydrogen (secondary N) is 1. The Bertz CT molecular complexity index is 3130. The van der Waals surface area contributed by atoms with Crippen molar-refractivity contribution >= 4 is 57.4 Å². The van der Waals surface area contributed by atoms with Crippen LogP contribution in [-0.4, -0.2) is 7.28 Å². The molecule has 1 aliphatic carbocycles. The van der Waals surface area contributed by atoms with E-state index >= 15 is 0 Å². The molecule has 3 heteroatoms. The second kappa shape index (κ2) is 14.0. The minimum Gasteiger partial charge on any atom is -0.355 e. The molecule has 9 aromatic rings. The van der Waals surface area contributed by atoms with Gasteiger partial charge in [-0.05, 0) is 140 Å². The molecule has 0 aromatic heterocycles. The van der Waals surface area contributed by atoms with Crippen molar-refractivity contribution in [2.24, 2.45) is 0 Å². The lowest BCUT2D eigenvalue weighted by Crippen LogP contribution is -2.41. The summed E-state index contributed by atoms with van der Waals surface area (Å²) in [5.41, 5.74) is 23.8. The molecule has 0 saturated carbocycles. The van der Waals surface area contributed by atoms with E-state index in [9.17, 15) is 0 Å². The Kier molecular flexibility index (Phi) is 8.42. The zero-order valence-corrected chi connectivity index (χ0v) is 34.6. The van der Waals surface area contributed by atoms with Gasteiger partial charge >= 0.3 is 0 Å². The third-order valence-electron chi connectivity index (χ3n) is 13.0. The topological polar surface area (TPSA) is 15.3 Å². The smallest absolute Gasteiger partial charge is 0.198 e.